The molecular formula is C25H34N2O3. The van der Waals surface area contributed by atoms with Gasteiger partial charge in [0.1, 0.15) is 0 Å². The normalized spacial score (nSPS) is 11.0. The van der Waals surface area contributed by atoms with E-state index in [4.69, 9.17) is 9.47 Å². The third kappa shape index (κ3) is 7.14. The number of hydrogen-bond donors (Lipinski definition) is 1. The quantitative estimate of drug-likeness (QED) is 0.489. The Labute approximate surface area is 180 Å². The summed E-state index contributed by atoms with van der Waals surface area (Å²) in [5.74, 6) is 1.79. The molecule has 0 saturated carbocycles. The molecule has 30 heavy (non-hydrogen) atoms. The third-order valence-corrected chi connectivity index (χ3v) is 4.83. The monoisotopic (exact) mass is 410 g/mol. The van der Waals surface area contributed by atoms with Crippen molar-refractivity contribution in [1.82, 2.24) is 0 Å². The van der Waals surface area contributed by atoms with Gasteiger partial charge in [0.25, 0.3) is 0 Å². The molecule has 0 aromatic heterocycles. The number of anilines is 2. The molecule has 5 heteroatoms. The molecule has 0 aliphatic heterocycles. The van der Waals surface area contributed by atoms with Gasteiger partial charge in [0.15, 0.2) is 11.5 Å². The predicted octanol–water partition coefficient (Wildman–Crippen LogP) is 5.62. The zero-order chi connectivity index (χ0) is 21.9. The van der Waals surface area contributed by atoms with Crippen LogP contribution in [0.2, 0.25) is 0 Å². The van der Waals surface area contributed by atoms with E-state index >= 15 is 0 Å². The van der Waals surface area contributed by atoms with Gasteiger partial charge < -0.3 is 19.7 Å². The third-order valence-electron chi connectivity index (χ3n) is 4.83. The van der Waals surface area contributed by atoms with Crippen LogP contribution in [0.15, 0.2) is 48.5 Å². The first-order valence-electron chi connectivity index (χ1n) is 10.6. The summed E-state index contributed by atoms with van der Waals surface area (Å²) < 4.78 is 11.2. The van der Waals surface area contributed by atoms with E-state index in [0.29, 0.717) is 24.0 Å². The molecule has 0 aliphatic rings. The van der Waals surface area contributed by atoms with Crippen molar-refractivity contribution in [3.05, 3.63) is 54.1 Å². The number of methoxy groups -OCH3 is 1. The second kappa shape index (κ2) is 11.9. The Kier molecular flexibility index (Phi) is 9.26. The Morgan fingerprint density at radius 1 is 1.07 bits per heavy atom. The summed E-state index contributed by atoms with van der Waals surface area (Å²) in [6.07, 6.45) is 4.27. The highest BCUT2D eigenvalue weighted by Gasteiger charge is 2.06. The lowest BCUT2D eigenvalue weighted by atomic mass is 10.1. The van der Waals surface area contributed by atoms with E-state index in [2.05, 4.69) is 37.9 Å². The van der Waals surface area contributed by atoms with Gasteiger partial charge in [-0.15, -0.1) is 0 Å². The topological polar surface area (TPSA) is 50.8 Å². The van der Waals surface area contributed by atoms with Crippen molar-refractivity contribution in [2.24, 2.45) is 5.92 Å². The summed E-state index contributed by atoms with van der Waals surface area (Å²) in [5, 5.41) is 2.89. The summed E-state index contributed by atoms with van der Waals surface area (Å²) in [6.45, 7) is 11.1. The molecule has 0 unspecified atom stereocenters. The first-order valence-corrected chi connectivity index (χ1v) is 10.6. The van der Waals surface area contributed by atoms with Crippen molar-refractivity contribution in [1.29, 1.82) is 0 Å². The molecule has 2 aromatic rings. The van der Waals surface area contributed by atoms with Crippen LogP contribution >= 0.6 is 0 Å². The SMILES string of the molecule is CCN(CC)c1ccc(NC(=O)C=Cc2ccc(OCCC(C)C)c(OC)c2)cc1. The highest BCUT2D eigenvalue weighted by Crippen LogP contribution is 2.29. The van der Waals surface area contributed by atoms with Crippen molar-refractivity contribution in [3.8, 4) is 11.5 Å². The molecule has 5 nitrogen and oxygen atoms in total. The fraction of sp³-hybridized carbons (Fsp3) is 0.400. The number of rotatable bonds is 11. The largest absolute Gasteiger partial charge is 0.493 e. The zero-order valence-electron chi connectivity index (χ0n) is 18.8. The van der Waals surface area contributed by atoms with Crippen molar-refractivity contribution in [2.75, 3.05) is 37.0 Å². The maximum Gasteiger partial charge on any atom is 0.248 e. The number of carbonyl (C=O) groups is 1. The average molecular weight is 411 g/mol. The van der Waals surface area contributed by atoms with Crippen LogP contribution in [0.3, 0.4) is 0 Å². The molecule has 162 valence electrons. The fourth-order valence-corrected chi connectivity index (χ4v) is 3.01. The van der Waals surface area contributed by atoms with E-state index in [-0.39, 0.29) is 5.91 Å². The van der Waals surface area contributed by atoms with Crippen LogP contribution in [0, 0.1) is 5.92 Å². The van der Waals surface area contributed by atoms with Crippen LogP contribution in [0.5, 0.6) is 11.5 Å². The van der Waals surface area contributed by atoms with E-state index in [1.165, 1.54) is 6.08 Å². The number of benzene rings is 2. The summed E-state index contributed by atoms with van der Waals surface area (Å²) in [5.41, 5.74) is 2.79. The molecule has 0 atom stereocenters. The Balaban J connectivity index is 1.97. The molecule has 0 radical (unpaired) electrons. The molecular weight excluding hydrogens is 376 g/mol. The van der Waals surface area contributed by atoms with Crippen LogP contribution in [0.4, 0.5) is 11.4 Å². The Bertz CT molecular complexity index is 825. The molecule has 1 N–H and O–H groups in total. The van der Waals surface area contributed by atoms with Crippen LogP contribution in [0.25, 0.3) is 6.08 Å². The Hall–Kier alpha value is -2.95. The van der Waals surface area contributed by atoms with E-state index in [9.17, 15) is 4.79 Å². The standard InChI is InChI=1S/C25H34N2O3/c1-6-27(7-2)22-12-10-21(11-13-22)26-25(28)15-9-20-8-14-23(24(18-20)29-5)30-17-16-19(3)4/h8-15,18-19H,6-7,16-17H2,1-5H3,(H,26,28). The lowest BCUT2D eigenvalue weighted by molar-refractivity contribution is -0.111. The van der Waals surface area contributed by atoms with Crippen molar-refractivity contribution < 1.29 is 14.3 Å². The summed E-state index contributed by atoms with van der Waals surface area (Å²) in [7, 11) is 1.62. The Morgan fingerprint density at radius 3 is 2.37 bits per heavy atom. The predicted molar refractivity (Wildman–Crippen MR) is 126 cm³/mol. The molecule has 0 spiro atoms. The lowest BCUT2D eigenvalue weighted by Crippen LogP contribution is -2.21. The highest BCUT2D eigenvalue weighted by atomic mass is 16.5. The second-order valence-corrected chi connectivity index (χ2v) is 7.48. The molecule has 2 rings (SSSR count). The Morgan fingerprint density at radius 2 is 1.77 bits per heavy atom. The maximum atomic E-state index is 12.3. The van der Waals surface area contributed by atoms with Crippen LogP contribution in [-0.4, -0.2) is 32.7 Å². The van der Waals surface area contributed by atoms with Gasteiger partial charge in [-0.1, -0.05) is 19.9 Å². The van der Waals surface area contributed by atoms with Gasteiger partial charge in [-0.05, 0) is 74.2 Å². The minimum absolute atomic E-state index is 0.179. The lowest BCUT2D eigenvalue weighted by Gasteiger charge is -2.21. The first-order chi connectivity index (χ1) is 14.5. The molecule has 0 aliphatic carbocycles. The summed E-state index contributed by atoms with van der Waals surface area (Å²) >= 11 is 0. The molecule has 1 amide bonds. The number of carbonyl (C=O) groups excluding carboxylic acids is 1. The number of nitrogens with one attached hydrogen (secondary N) is 1. The molecule has 0 heterocycles. The number of amides is 1. The van der Waals surface area contributed by atoms with Crippen LogP contribution in [0.1, 0.15) is 39.7 Å². The first kappa shape index (κ1) is 23.3. The van der Waals surface area contributed by atoms with Gasteiger partial charge in [-0.2, -0.15) is 0 Å². The summed E-state index contributed by atoms with van der Waals surface area (Å²) in [6, 6.07) is 13.5. The van der Waals surface area contributed by atoms with Crippen LogP contribution < -0.4 is 19.7 Å². The maximum absolute atomic E-state index is 12.3. The second-order valence-electron chi connectivity index (χ2n) is 7.48. The van der Waals surface area contributed by atoms with E-state index in [1.807, 2.05) is 42.5 Å². The van der Waals surface area contributed by atoms with Crippen molar-refractivity contribution in [3.63, 3.8) is 0 Å². The van der Waals surface area contributed by atoms with Gasteiger partial charge in [0.05, 0.1) is 13.7 Å². The van der Waals surface area contributed by atoms with Gasteiger partial charge in [0, 0.05) is 30.5 Å². The molecule has 2 aromatic carbocycles. The fourth-order valence-electron chi connectivity index (χ4n) is 3.01. The number of hydrogen-bond acceptors (Lipinski definition) is 4. The molecule has 0 bridgehead atoms. The summed E-state index contributed by atoms with van der Waals surface area (Å²) in [4.78, 5) is 14.5. The van der Waals surface area contributed by atoms with Crippen molar-refractivity contribution >= 4 is 23.4 Å². The number of ether oxygens (including phenoxy) is 2. The smallest absolute Gasteiger partial charge is 0.248 e. The van der Waals surface area contributed by atoms with E-state index < -0.39 is 0 Å². The number of nitrogens with zero attached hydrogens (tertiary/aromatic N) is 1. The van der Waals surface area contributed by atoms with Gasteiger partial charge >= 0.3 is 0 Å². The highest BCUT2D eigenvalue weighted by molar-refractivity contribution is 6.02. The van der Waals surface area contributed by atoms with E-state index in [1.54, 1.807) is 13.2 Å². The van der Waals surface area contributed by atoms with Gasteiger partial charge in [-0.3, -0.25) is 4.79 Å². The molecule has 0 saturated heterocycles. The van der Waals surface area contributed by atoms with Crippen molar-refractivity contribution in [2.45, 2.75) is 34.1 Å². The minimum Gasteiger partial charge on any atom is -0.493 e. The molecule has 0 fully saturated rings. The van der Waals surface area contributed by atoms with Crippen LogP contribution in [-0.2, 0) is 4.79 Å². The zero-order valence-corrected chi connectivity index (χ0v) is 18.8. The van der Waals surface area contributed by atoms with Gasteiger partial charge in [-0.25, -0.2) is 0 Å². The average Bonchev–Trinajstić information content (AvgIpc) is 2.74. The minimum atomic E-state index is -0.179. The van der Waals surface area contributed by atoms with Gasteiger partial charge in [0.2, 0.25) is 5.91 Å². The van der Waals surface area contributed by atoms with E-state index in [0.717, 1.165) is 36.4 Å².